The summed E-state index contributed by atoms with van der Waals surface area (Å²) in [4.78, 5) is 12.0. The number of hydrogen-bond donors (Lipinski definition) is 3. The number of aliphatic hydroxyl groups excluding tert-OH is 1. The van der Waals surface area contributed by atoms with Crippen LogP contribution in [0.2, 0.25) is 0 Å². The first-order valence-electron chi connectivity index (χ1n) is 11.8. The number of phenolic OH excluding ortho intramolecular Hbond substituents is 1. The van der Waals surface area contributed by atoms with Crippen LogP contribution in [0.3, 0.4) is 0 Å². The molecule has 188 valence electrons. The number of aromatic hydroxyl groups is 1. The van der Waals surface area contributed by atoms with Gasteiger partial charge in [0.15, 0.2) is 6.29 Å². The van der Waals surface area contributed by atoms with Crippen molar-refractivity contribution in [3.05, 3.63) is 29.3 Å². The molecule has 1 fully saturated rings. The van der Waals surface area contributed by atoms with Gasteiger partial charge < -0.3 is 30.2 Å². The van der Waals surface area contributed by atoms with Gasteiger partial charge in [-0.3, -0.25) is 0 Å². The van der Waals surface area contributed by atoms with E-state index in [0.29, 0.717) is 24.0 Å². The van der Waals surface area contributed by atoms with Crippen molar-refractivity contribution in [2.75, 3.05) is 13.7 Å². The van der Waals surface area contributed by atoms with E-state index in [2.05, 4.69) is 41.5 Å². The van der Waals surface area contributed by atoms with Crippen molar-refractivity contribution in [2.45, 2.75) is 91.8 Å². The van der Waals surface area contributed by atoms with Gasteiger partial charge in [0.1, 0.15) is 5.75 Å². The first-order chi connectivity index (χ1) is 15.1. The van der Waals surface area contributed by atoms with E-state index in [4.69, 9.17) is 19.9 Å². The van der Waals surface area contributed by atoms with E-state index >= 15 is 0 Å². The molecule has 5 unspecified atom stereocenters. The maximum absolute atomic E-state index is 12.0. The highest BCUT2D eigenvalue weighted by atomic mass is 16.7. The number of ether oxygens (including phenoxy) is 3. The molecule has 1 aromatic rings. The fourth-order valence-electron chi connectivity index (χ4n) is 4.71. The summed E-state index contributed by atoms with van der Waals surface area (Å²) in [7, 11) is 1.32. The molecule has 0 saturated carbocycles. The fraction of sp³-hybridized carbons (Fsp3) is 0.731. The van der Waals surface area contributed by atoms with Gasteiger partial charge in [-0.05, 0) is 61.6 Å². The van der Waals surface area contributed by atoms with Gasteiger partial charge in [0.25, 0.3) is 0 Å². The number of benzene rings is 1. The van der Waals surface area contributed by atoms with Crippen molar-refractivity contribution >= 4 is 5.97 Å². The fourth-order valence-corrected chi connectivity index (χ4v) is 4.71. The van der Waals surface area contributed by atoms with Crippen LogP contribution in [-0.2, 0) is 14.2 Å². The van der Waals surface area contributed by atoms with Gasteiger partial charge in [-0.15, -0.1) is 0 Å². The van der Waals surface area contributed by atoms with Gasteiger partial charge in [0, 0.05) is 18.6 Å². The number of carbonyl (C=O) groups is 1. The molecule has 1 aromatic carbocycles. The average molecular weight is 466 g/mol. The molecule has 1 heterocycles. The standard InChI is InChI=1S/C26H43NO6/c1-16-13-21(17(2)24(3,4)15-26(7,27)25(5,6)11-12-28)33-23(32-16)19-14-18(22(30)31-8)9-10-20(19)29/h9-10,14,16-17,21,23,28-29H,11-13,15,27H2,1-8H3. The molecule has 0 spiro atoms. The van der Waals surface area contributed by atoms with Crippen LogP contribution in [0.1, 0.15) is 89.9 Å². The number of nitrogens with two attached hydrogens (primary N) is 1. The van der Waals surface area contributed by atoms with Gasteiger partial charge in [0.2, 0.25) is 0 Å². The summed E-state index contributed by atoms with van der Waals surface area (Å²) in [6, 6.07) is 4.53. The van der Waals surface area contributed by atoms with Crippen LogP contribution in [-0.4, -0.2) is 47.6 Å². The monoisotopic (exact) mass is 465 g/mol. The van der Waals surface area contributed by atoms with E-state index in [9.17, 15) is 15.0 Å². The van der Waals surface area contributed by atoms with Gasteiger partial charge in [0.05, 0.1) is 30.4 Å². The quantitative estimate of drug-likeness (QED) is 0.459. The lowest BCUT2D eigenvalue weighted by molar-refractivity contribution is -0.261. The third-order valence-electron chi connectivity index (χ3n) is 7.82. The SMILES string of the molecule is COC(=O)c1ccc(O)c(C2OC(C)CC(C(C)C(C)(C)CC(C)(N)C(C)(C)CCO)O2)c1. The molecule has 2 rings (SSSR count). The number of aliphatic hydroxyl groups is 1. The first kappa shape index (κ1) is 27.6. The molecule has 1 aliphatic rings. The van der Waals surface area contributed by atoms with Crippen molar-refractivity contribution in [3.63, 3.8) is 0 Å². The number of hydrogen-bond acceptors (Lipinski definition) is 7. The van der Waals surface area contributed by atoms with E-state index in [0.717, 1.165) is 6.42 Å². The minimum absolute atomic E-state index is 0.00713. The molecular weight excluding hydrogens is 422 g/mol. The Kier molecular flexibility index (Phi) is 8.61. The van der Waals surface area contributed by atoms with Crippen molar-refractivity contribution in [1.82, 2.24) is 0 Å². The van der Waals surface area contributed by atoms with Crippen LogP contribution < -0.4 is 5.73 Å². The number of methoxy groups -OCH3 is 1. The summed E-state index contributed by atoms with van der Waals surface area (Å²) >= 11 is 0. The number of phenols is 1. The smallest absolute Gasteiger partial charge is 0.337 e. The molecule has 0 aliphatic carbocycles. The Hall–Kier alpha value is -1.67. The zero-order valence-electron chi connectivity index (χ0n) is 21.5. The predicted octanol–water partition coefficient (Wildman–Crippen LogP) is 4.55. The van der Waals surface area contributed by atoms with Crippen LogP contribution in [0.25, 0.3) is 0 Å². The normalized spacial score (nSPS) is 24.7. The Labute approximate surface area is 198 Å². The Bertz CT molecular complexity index is 819. The average Bonchev–Trinajstić information content (AvgIpc) is 2.71. The second-order valence-electron chi connectivity index (χ2n) is 11.2. The minimum atomic E-state index is -0.795. The van der Waals surface area contributed by atoms with Gasteiger partial charge in [-0.2, -0.15) is 0 Å². The maximum Gasteiger partial charge on any atom is 0.337 e. The predicted molar refractivity (Wildman–Crippen MR) is 128 cm³/mol. The van der Waals surface area contributed by atoms with E-state index in [1.165, 1.54) is 19.2 Å². The Morgan fingerprint density at radius 1 is 1.24 bits per heavy atom. The van der Waals surface area contributed by atoms with Crippen LogP contribution in [0.15, 0.2) is 18.2 Å². The van der Waals surface area contributed by atoms with Crippen LogP contribution in [0.4, 0.5) is 0 Å². The van der Waals surface area contributed by atoms with Crippen LogP contribution in [0, 0.1) is 16.7 Å². The molecule has 1 aliphatic heterocycles. The highest BCUT2D eigenvalue weighted by Crippen LogP contribution is 2.47. The van der Waals surface area contributed by atoms with E-state index in [1.54, 1.807) is 6.07 Å². The Balaban J connectivity index is 2.26. The zero-order chi connectivity index (χ0) is 25.2. The largest absolute Gasteiger partial charge is 0.507 e. The molecule has 5 atom stereocenters. The van der Waals surface area contributed by atoms with E-state index in [-0.39, 0.29) is 41.3 Å². The maximum atomic E-state index is 12.0. The summed E-state index contributed by atoms with van der Waals surface area (Å²) in [6.45, 7) is 14.9. The summed E-state index contributed by atoms with van der Waals surface area (Å²) in [6.07, 6.45) is 1.07. The van der Waals surface area contributed by atoms with Gasteiger partial charge in [-0.1, -0.05) is 34.6 Å². The number of esters is 1. The molecule has 0 radical (unpaired) electrons. The zero-order valence-corrected chi connectivity index (χ0v) is 21.5. The lowest BCUT2D eigenvalue weighted by Crippen LogP contribution is -2.55. The van der Waals surface area contributed by atoms with Crippen LogP contribution in [0.5, 0.6) is 5.75 Å². The van der Waals surface area contributed by atoms with Crippen molar-refractivity contribution in [2.24, 2.45) is 22.5 Å². The van der Waals surface area contributed by atoms with Crippen LogP contribution >= 0.6 is 0 Å². The third-order valence-corrected chi connectivity index (χ3v) is 7.82. The Morgan fingerprint density at radius 3 is 2.45 bits per heavy atom. The summed E-state index contributed by atoms with van der Waals surface area (Å²) in [5, 5.41) is 20.0. The molecule has 33 heavy (non-hydrogen) atoms. The minimum Gasteiger partial charge on any atom is -0.507 e. The Morgan fingerprint density at radius 2 is 1.88 bits per heavy atom. The van der Waals surface area contributed by atoms with Crippen molar-refractivity contribution in [1.29, 1.82) is 0 Å². The number of carbonyl (C=O) groups excluding carboxylic acids is 1. The molecule has 0 bridgehead atoms. The van der Waals surface area contributed by atoms with E-state index < -0.39 is 17.8 Å². The molecular formula is C26H43NO6. The number of rotatable bonds is 9. The summed E-state index contributed by atoms with van der Waals surface area (Å²) < 4.78 is 17.2. The highest BCUT2D eigenvalue weighted by Gasteiger charge is 2.46. The summed E-state index contributed by atoms with van der Waals surface area (Å²) in [5.74, 6) is -0.350. The molecule has 7 nitrogen and oxygen atoms in total. The van der Waals surface area contributed by atoms with Gasteiger partial charge in [-0.25, -0.2) is 4.79 Å². The highest BCUT2D eigenvalue weighted by molar-refractivity contribution is 5.89. The second kappa shape index (κ2) is 10.3. The third kappa shape index (κ3) is 6.27. The van der Waals surface area contributed by atoms with Crippen molar-refractivity contribution < 1.29 is 29.2 Å². The lowest BCUT2D eigenvalue weighted by atomic mass is 9.61. The lowest BCUT2D eigenvalue weighted by Gasteiger charge is -2.49. The van der Waals surface area contributed by atoms with Gasteiger partial charge >= 0.3 is 5.97 Å². The molecule has 0 aromatic heterocycles. The first-order valence-corrected chi connectivity index (χ1v) is 11.8. The molecule has 1 saturated heterocycles. The molecule has 4 N–H and O–H groups in total. The molecule has 7 heteroatoms. The molecule has 0 amide bonds. The van der Waals surface area contributed by atoms with Crippen molar-refractivity contribution in [3.8, 4) is 5.75 Å². The van der Waals surface area contributed by atoms with E-state index in [1.807, 2.05) is 6.92 Å². The second-order valence-corrected chi connectivity index (χ2v) is 11.2. The topological polar surface area (TPSA) is 111 Å². The summed E-state index contributed by atoms with van der Waals surface area (Å²) in [5.41, 5.74) is 6.65.